The highest BCUT2D eigenvalue weighted by Gasteiger charge is 2.24. The summed E-state index contributed by atoms with van der Waals surface area (Å²) in [5.41, 5.74) is 0.979. The first-order valence-electron chi connectivity index (χ1n) is 5.36. The van der Waals surface area contributed by atoms with Gasteiger partial charge in [-0.1, -0.05) is 12.1 Å². The Hall–Kier alpha value is -0.320. The fourth-order valence-electron chi connectivity index (χ4n) is 1.65. The Morgan fingerprint density at radius 3 is 2.44 bits per heavy atom. The van der Waals surface area contributed by atoms with E-state index < -0.39 is 0 Å². The number of aliphatic hydroxyl groups is 1. The molecule has 1 atom stereocenters. The summed E-state index contributed by atoms with van der Waals surface area (Å²) in [4.78, 5) is 0. The van der Waals surface area contributed by atoms with E-state index in [1.165, 1.54) is 6.42 Å². The quantitative estimate of drug-likeness (QED) is 0.900. The number of thioether (sulfide) groups is 2. The molecule has 1 fully saturated rings. The van der Waals surface area contributed by atoms with Gasteiger partial charge < -0.3 is 9.84 Å². The molecule has 1 saturated heterocycles. The van der Waals surface area contributed by atoms with E-state index >= 15 is 0 Å². The first-order valence-corrected chi connectivity index (χ1v) is 7.46. The van der Waals surface area contributed by atoms with E-state index in [0.29, 0.717) is 0 Å². The van der Waals surface area contributed by atoms with Gasteiger partial charge in [-0.15, -0.1) is 23.5 Å². The number of aliphatic hydroxyl groups excluding tert-OH is 1. The summed E-state index contributed by atoms with van der Waals surface area (Å²) in [6.45, 7) is 0. The number of hydrogen-bond acceptors (Lipinski definition) is 4. The zero-order chi connectivity index (χ0) is 11.4. The van der Waals surface area contributed by atoms with Crippen LogP contribution in [0.2, 0.25) is 0 Å². The Labute approximate surface area is 105 Å². The molecule has 1 aliphatic heterocycles. The minimum Gasteiger partial charge on any atom is -0.497 e. The van der Waals surface area contributed by atoms with Crippen LogP contribution in [0.25, 0.3) is 0 Å². The average molecular weight is 256 g/mol. The zero-order valence-corrected chi connectivity index (χ0v) is 10.9. The van der Waals surface area contributed by atoms with Crippen LogP contribution in [-0.2, 0) is 0 Å². The molecule has 0 amide bonds. The molecule has 0 spiro atoms. The van der Waals surface area contributed by atoms with Crippen molar-refractivity contribution in [2.24, 2.45) is 0 Å². The lowest BCUT2D eigenvalue weighted by molar-refractivity contribution is 0.196. The van der Waals surface area contributed by atoms with Gasteiger partial charge in [-0.05, 0) is 35.6 Å². The molecule has 0 radical (unpaired) electrons. The maximum absolute atomic E-state index is 10.2. The number of hydrogen-bond donors (Lipinski definition) is 1. The predicted octanol–water partition coefficient (Wildman–Crippen LogP) is 2.92. The fourth-order valence-corrected chi connectivity index (χ4v) is 4.56. The summed E-state index contributed by atoms with van der Waals surface area (Å²) in [5.74, 6) is 3.15. The molecule has 16 heavy (non-hydrogen) atoms. The van der Waals surface area contributed by atoms with Gasteiger partial charge in [-0.3, -0.25) is 0 Å². The fraction of sp³-hybridized carbons (Fsp3) is 0.500. The molecule has 4 heteroatoms. The third-order valence-corrected chi connectivity index (χ3v) is 5.61. The molecule has 0 aliphatic carbocycles. The molecule has 1 N–H and O–H groups in total. The van der Waals surface area contributed by atoms with E-state index in [-0.39, 0.29) is 10.7 Å². The summed E-state index contributed by atoms with van der Waals surface area (Å²) < 4.78 is 5.38. The summed E-state index contributed by atoms with van der Waals surface area (Å²) in [6.07, 6.45) is 0.877. The highest BCUT2D eigenvalue weighted by Crippen LogP contribution is 2.39. The van der Waals surface area contributed by atoms with Crippen molar-refractivity contribution in [3.8, 4) is 5.75 Å². The highest BCUT2D eigenvalue weighted by atomic mass is 32.2. The summed E-state index contributed by atoms with van der Waals surface area (Å²) in [6, 6.07) is 7.69. The summed E-state index contributed by atoms with van der Waals surface area (Å²) in [5, 5.41) is 10.2. The van der Waals surface area contributed by atoms with E-state index in [9.17, 15) is 5.11 Å². The van der Waals surface area contributed by atoms with Gasteiger partial charge in [-0.25, -0.2) is 0 Å². The number of rotatable bonds is 3. The molecular weight excluding hydrogens is 240 g/mol. The molecule has 1 aromatic rings. The normalized spacial score (nSPS) is 19.4. The molecule has 1 unspecified atom stereocenters. The van der Waals surface area contributed by atoms with Crippen molar-refractivity contribution < 1.29 is 9.84 Å². The SMILES string of the molecule is COc1ccc(C(O)C2SCCCS2)cc1. The van der Waals surface area contributed by atoms with Crippen LogP contribution in [0, 0.1) is 0 Å². The largest absolute Gasteiger partial charge is 0.497 e. The minimum atomic E-state index is -0.374. The Morgan fingerprint density at radius 1 is 1.25 bits per heavy atom. The van der Waals surface area contributed by atoms with Crippen LogP contribution in [0.1, 0.15) is 18.1 Å². The molecule has 1 aromatic carbocycles. The third kappa shape index (κ3) is 2.87. The van der Waals surface area contributed by atoms with Crippen molar-refractivity contribution in [2.45, 2.75) is 17.1 Å². The van der Waals surface area contributed by atoms with Gasteiger partial charge in [0.2, 0.25) is 0 Å². The lowest BCUT2D eigenvalue weighted by atomic mass is 10.1. The Bertz CT molecular complexity index is 320. The molecule has 2 nitrogen and oxygen atoms in total. The van der Waals surface area contributed by atoms with Crippen molar-refractivity contribution in [3.05, 3.63) is 29.8 Å². The Balaban J connectivity index is 2.04. The van der Waals surface area contributed by atoms with E-state index in [1.54, 1.807) is 7.11 Å². The van der Waals surface area contributed by atoms with E-state index in [0.717, 1.165) is 22.8 Å². The monoisotopic (exact) mass is 256 g/mol. The Morgan fingerprint density at radius 2 is 1.88 bits per heavy atom. The van der Waals surface area contributed by atoms with Crippen LogP contribution >= 0.6 is 23.5 Å². The van der Waals surface area contributed by atoms with E-state index in [1.807, 2.05) is 47.8 Å². The highest BCUT2D eigenvalue weighted by molar-refractivity contribution is 8.17. The number of ether oxygens (including phenoxy) is 1. The van der Waals surface area contributed by atoms with Crippen molar-refractivity contribution in [1.82, 2.24) is 0 Å². The van der Waals surface area contributed by atoms with Crippen LogP contribution in [0.15, 0.2) is 24.3 Å². The van der Waals surface area contributed by atoms with Crippen LogP contribution in [0.3, 0.4) is 0 Å². The van der Waals surface area contributed by atoms with Gasteiger partial charge in [0.25, 0.3) is 0 Å². The van der Waals surface area contributed by atoms with Crippen molar-refractivity contribution >= 4 is 23.5 Å². The summed E-state index contributed by atoms with van der Waals surface area (Å²) in [7, 11) is 1.65. The maximum Gasteiger partial charge on any atom is 0.118 e. The molecule has 1 aliphatic rings. The van der Waals surface area contributed by atoms with Gasteiger partial charge in [0.1, 0.15) is 5.75 Å². The third-order valence-electron chi connectivity index (χ3n) is 2.57. The van der Waals surface area contributed by atoms with Crippen LogP contribution in [-0.4, -0.2) is 28.3 Å². The number of benzene rings is 1. The molecule has 2 rings (SSSR count). The second kappa shape index (κ2) is 5.84. The summed E-state index contributed by atoms with van der Waals surface area (Å²) >= 11 is 3.72. The smallest absolute Gasteiger partial charge is 0.118 e. The predicted molar refractivity (Wildman–Crippen MR) is 71.3 cm³/mol. The van der Waals surface area contributed by atoms with Gasteiger partial charge in [0.05, 0.1) is 17.8 Å². The van der Waals surface area contributed by atoms with E-state index in [4.69, 9.17) is 4.74 Å². The molecule has 88 valence electrons. The van der Waals surface area contributed by atoms with Gasteiger partial charge in [0.15, 0.2) is 0 Å². The molecule has 1 heterocycles. The maximum atomic E-state index is 10.2. The minimum absolute atomic E-state index is 0.280. The van der Waals surface area contributed by atoms with Crippen LogP contribution in [0.5, 0.6) is 5.75 Å². The van der Waals surface area contributed by atoms with Gasteiger partial charge in [-0.2, -0.15) is 0 Å². The van der Waals surface area contributed by atoms with Crippen LogP contribution in [0.4, 0.5) is 0 Å². The van der Waals surface area contributed by atoms with Crippen LogP contribution < -0.4 is 4.74 Å². The van der Waals surface area contributed by atoms with Gasteiger partial charge in [0, 0.05) is 0 Å². The average Bonchev–Trinajstić information content (AvgIpc) is 2.39. The number of methoxy groups -OCH3 is 1. The topological polar surface area (TPSA) is 29.5 Å². The van der Waals surface area contributed by atoms with E-state index in [2.05, 4.69) is 0 Å². The molecule has 0 saturated carbocycles. The molecule has 0 bridgehead atoms. The van der Waals surface area contributed by atoms with Crippen molar-refractivity contribution in [2.75, 3.05) is 18.6 Å². The molecule has 0 aromatic heterocycles. The zero-order valence-electron chi connectivity index (χ0n) is 9.26. The van der Waals surface area contributed by atoms with Crippen molar-refractivity contribution in [1.29, 1.82) is 0 Å². The van der Waals surface area contributed by atoms with Crippen molar-refractivity contribution in [3.63, 3.8) is 0 Å². The lowest BCUT2D eigenvalue weighted by Crippen LogP contribution is -2.16. The standard InChI is InChI=1S/C12H16O2S2/c1-14-10-5-3-9(4-6-10)11(13)12-15-7-2-8-16-12/h3-6,11-13H,2,7-8H2,1H3. The second-order valence-corrected chi connectivity index (χ2v) is 6.48. The first kappa shape index (κ1) is 12.1. The lowest BCUT2D eigenvalue weighted by Gasteiger charge is -2.25. The second-order valence-electron chi connectivity index (χ2n) is 3.68. The Kier molecular flexibility index (Phi) is 4.44. The van der Waals surface area contributed by atoms with Gasteiger partial charge >= 0.3 is 0 Å². The first-order chi connectivity index (χ1) is 7.81. The molecular formula is C12H16O2S2.